The predicted octanol–water partition coefficient (Wildman–Crippen LogP) is 3.34. The van der Waals surface area contributed by atoms with Crippen LogP contribution in [-0.4, -0.2) is 97.5 Å². The molecule has 68 heavy (non-hydrogen) atoms. The molecule has 2 unspecified atom stereocenters. The molecule has 7 amide bonds. The topological polar surface area (TPSA) is 241 Å². The van der Waals surface area contributed by atoms with E-state index in [0.717, 1.165) is 60.7 Å². The normalized spacial score (nSPS) is 23.7. The molecule has 1 saturated carbocycles. The zero-order chi connectivity index (χ0) is 48.1. The molecule has 4 heterocycles. The maximum atomic E-state index is 14.0. The van der Waals surface area contributed by atoms with E-state index >= 15 is 0 Å². The summed E-state index contributed by atoms with van der Waals surface area (Å²) in [6, 6.07) is 20.3. The first kappa shape index (κ1) is 47.9. The molecule has 17 heteroatoms. The van der Waals surface area contributed by atoms with Crippen LogP contribution in [0.2, 0.25) is 0 Å². The number of carbonyl (C=O) groups is 7. The highest BCUT2D eigenvalue weighted by molar-refractivity contribution is 6.00. The van der Waals surface area contributed by atoms with Gasteiger partial charge in [-0.25, -0.2) is 4.79 Å². The Kier molecular flexibility index (Phi) is 14.9. The monoisotopic (exact) mass is 929 g/mol. The molecule has 360 valence electrons. The van der Waals surface area contributed by atoms with Gasteiger partial charge in [0.25, 0.3) is 0 Å². The Morgan fingerprint density at radius 3 is 2.15 bits per heavy atom. The molecule has 0 bridgehead atoms. The van der Waals surface area contributed by atoms with E-state index < -0.39 is 59.7 Å². The zero-order valence-electron chi connectivity index (χ0n) is 38.6. The lowest BCUT2D eigenvalue weighted by Gasteiger charge is -2.38. The molecule has 4 aromatic rings. The third-order valence-corrected chi connectivity index (χ3v) is 14.7. The molecule has 1 aliphatic carbocycles. The van der Waals surface area contributed by atoms with Crippen LogP contribution in [0.5, 0.6) is 0 Å². The Hall–Kier alpha value is -6.62. The number of carbonyl (C=O) groups excluding carboxylic acids is 7. The number of hydrogen-bond acceptors (Lipinski definition) is 9. The molecular formula is C51H63N9O8. The number of imidazole rings is 1. The number of piperidine rings is 1. The smallest absolute Gasteiger partial charge is 0.329 e. The van der Waals surface area contributed by atoms with Crippen LogP contribution < -0.4 is 33.1 Å². The summed E-state index contributed by atoms with van der Waals surface area (Å²) >= 11 is 0. The van der Waals surface area contributed by atoms with Gasteiger partial charge >= 0.3 is 5.69 Å². The summed E-state index contributed by atoms with van der Waals surface area (Å²) in [6.45, 7) is 0.439. The van der Waals surface area contributed by atoms with Crippen molar-refractivity contribution in [2.24, 2.45) is 24.4 Å². The fourth-order valence-corrected chi connectivity index (χ4v) is 11.0. The molecule has 4 fully saturated rings. The highest BCUT2D eigenvalue weighted by Gasteiger charge is 2.45. The van der Waals surface area contributed by atoms with Gasteiger partial charge in [0, 0.05) is 45.4 Å². The number of nitrogens with zero attached hydrogens (tertiary/aromatic N) is 4. The minimum absolute atomic E-state index is 0.0293. The van der Waals surface area contributed by atoms with E-state index in [0.29, 0.717) is 49.6 Å². The number of nitrogens with two attached hydrogens (primary N) is 2. The third-order valence-electron chi connectivity index (χ3n) is 14.7. The van der Waals surface area contributed by atoms with Crippen LogP contribution >= 0.6 is 0 Å². The van der Waals surface area contributed by atoms with Gasteiger partial charge in [-0.1, -0.05) is 66.7 Å². The van der Waals surface area contributed by atoms with Gasteiger partial charge in [-0.3, -0.25) is 48.0 Å². The molecule has 8 rings (SSSR count). The van der Waals surface area contributed by atoms with Crippen LogP contribution in [0.1, 0.15) is 125 Å². The van der Waals surface area contributed by atoms with Gasteiger partial charge in [0.1, 0.15) is 24.2 Å². The maximum Gasteiger partial charge on any atom is 0.329 e. The first-order valence-electron chi connectivity index (χ1n) is 24.2. The lowest BCUT2D eigenvalue weighted by molar-refractivity contribution is -0.145. The zero-order valence-corrected chi connectivity index (χ0v) is 38.6. The van der Waals surface area contributed by atoms with Crippen molar-refractivity contribution >= 4 is 52.4 Å². The molecular weight excluding hydrogens is 867 g/mol. The van der Waals surface area contributed by atoms with E-state index in [1.54, 1.807) is 21.4 Å². The summed E-state index contributed by atoms with van der Waals surface area (Å²) in [5, 5.41) is 8.27. The highest BCUT2D eigenvalue weighted by Crippen LogP contribution is 2.39. The molecule has 4 aliphatic rings. The number of fused-ring (bicyclic) bond motifs is 2. The lowest BCUT2D eigenvalue weighted by Crippen LogP contribution is -2.60. The van der Waals surface area contributed by atoms with Gasteiger partial charge in [-0.2, -0.15) is 0 Å². The van der Waals surface area contributed by atoms with Crippen molar-refractivity contribution in [1.29, 1.82) is 0 Å². The Morgan fingerprint density at radius 1 is 0.794 bits per heavy atom. The number of rotatable bonds is 15. The van der Waals surface area contributed by atoms with E-state index in [-0.39, 0.29) is 55.8 Å². The van der Waals surface area contributed by atoms with Gasteiger partial charge in [-0.15, -0.1) is 0 Å². The predicted molar refractivity (Wildman–Crippen MR) is 253 cm³/mol. The summed E-state index contributed by atoms with van der Waals surface area (Å²) in [7, 11) is 1.71. The van der Waals surface area contributed by atoms with Crippen LogP contribution in [0.15, 0.2) is 83.7 Å². The van der Waals surface area contributed by atoms with Crippen LogP contribution in [0.4, 0.5) is 0 Å². The van der Waals surface area contributed by atoms with E-state index in [4.69, 9.17) is 11.5 Å². The van der Waals surface area contributed by atoms with Crippen LogP contribution in [-0.2, 0) is 40.6 Å². The van der Waals surface area contributed by atoms with Gasteiger partial charge < -0.3 is 31.9 Å². The number of nitrogens with one attached hydrogen (secondary N) is 3. The second-order valence-electron chi connectivity index (χ2n) is 19.1. The Labute approximate surface area is 395 Å². The van der Waals surface area contributed by atoms with Crippen molar-refractivity contribution in [3.05, 3.63) is 106 Å². The largest absolute Gasteiger partial charge is 0.370 e. The molecule has 1 aromatic heterocycles. The average Bonchev–Trinajstić information content (AvgIpc) is 3.87. The van der Waals surface area contributed by atoms with Crippen LogP contribution in [0.3, 0.4) is 0 Å². The second-order valence-corrected chi connectivity index (χ2v) is 19.1. The van der Waals surface area contributed by atoms with Gasteiger partial charge in [-0.05, 0) is 111 Å². The Balaban J connectivity index is 0.824. The lowest BCUT2D eigenvalue weighted by atomic mass is 9.77. The van der Waals surface area contributed by atoms with Crippen LogP contribution in [0, 0.1) is 5.92 Å². The van der Waals surface area contributed by atoms with E-state index in [9.17, 15) is 38.4 Å². The standard InChI is InChI=1S/C51H63N9O8/c1-57-42-29-35(19-22-39(42)60(51(57)68)41-24-26-44(62)55-49(41)66)32-17-15-31(16-18-32)9-8-14-45(63)58-28-27-36-20-23-40(59(36)50(67)37(52)30-58)48(65)54-38(21-25-43(53)61)47(64)56-46(33-10-4-2-5-11-33)34-12-6-3-7-13-34/h2-7,10-13,19,22,29,31-32,36-38,40-41,46H,8-9,14-18,20-21,23-28,30,52H2,1H3,(H2,53,61)(H,54,65)(H,56,64)(H,55,62,66)/t31?,32?,36-,37+,38?,40+,41?/m1/s1. The Bertz CT molecular complexity index is 2550. The minimum atomic E-state index is -1.10. The quantitative estimate of drug-likeness (QED) is 0.110. The highest BCUT2D eigenvalue weighted by atomic mass is 16.2. The van der Waals surface area contributed by atoms with Crippen molar-refractivity contribution in [2.75, 3.05) is 13.1 Å². The van der Waals surface area contributed by atoms with Crippen molar-refractivity contribution in [1.82, 2.24) is 34.9 Å². The molecule has 3 saturated heterocycles. The van der Waals surface area contributed by atoms with Crippen molar-refractivity contribution in [3.8, 4) is 0 Å². The number of benzene rings is 3. The second kappa shape index (κ2) is 21.1. The molecule has 7 N–H and O–H groups in total. The molecule has 17 nitrogen and oxygen atoms in total. The molecule has 5 atom stereocenters. The van der Waals surface area contributed by atoms with E-state index in [1.807, 2.05) is 72.8 Å². The van der Waals surface area contributed by atoms with E-state index in [1.165, 1.54) is 4.57 Å². The van der Waals surface area contributed by atoms with E-state index in [2.05, 4.69) is 22.0 Å². The Morgan fingerprint density at radius 2 is 1.49 bits per heavy atom. The summed E-state index contributed by atoms with van der Waals surface area (Å²) in [5.41, 5.74) is 16.0. The summed E-state index contributed by atoms with van der Waals surface area (Å²) < 4.78 is 3.08. The minimum Gasteiger partial charge on any atom is -0.370 e. The van der Waals surface area contributed by atoms with Crippen LogP contribution in [0.25, 0.3) is 11.0 Å². The fourth-order valence-electron chi connectivity index (χ4n) is 11.0. The van der Waals surface area contributed by atoms with Gasteiger partial charge in [0.2, 0.25) is 41.4 Å². The van der Waals surface area contributed by atoms with Gasteiger partial charge in [0.15, 0.2) is 0 Å². The number of aromatic nitrogens is 2. The molecule has 3 aromatic carbocycles. The first-order chi connectivity index (χ1) is 32.8. The molecule has 0 spiro atoms. The number of amides is 7. The number of hydrogen-bond donors (Lipinski definition) is 5. The van der Waals surface area contributed by atoms with Crippen molar-refractivity contribution in [2.45, 2.75) is 132 Å². The number of aryl methyl sites for hydroxylation is 1. The third kappa shape index (κ3) is 10.6. The number of primary amides is 1. The van der Waals surface area contributed by atoms with Crippen molar-refractivity contribution in [3.63, 3.8) is 0 Å². The maximum absolute atomic E-state index is 14.0. The molecule has 3 aliphatic heterocycles. The SMILES string of the molecule is Cn1c(=O)n(C2CCC(=O)NC2=O)c2ccc(C3CCC(CCCC(=O)N4CC[C@H]5CC[C@@H](C(=O)NC(CCC(N)=O)C(=O)NC(c6ccccc6)c6ccccc6)N5C(=O)[C@@H](N)C4)CC3)cc21. The summed E-state index contributed by atoms with van der Waals surface area (Å²) in [4.78, 5) is 108. The summed E-state index contributed by atoms with van der Waals surface area (Å²) in [6.07, 6.45) is 7.65. The number of imide groups is 1. The van der Waals surface area contributed by atoms with Crippen molar-refractivity contribution < 1.29 is 33.6 Å². The molecule has 0 radical (unpaired) electrons. The van der Waals surface area contributed by atoms with Gasteiger partial charge in [0.05, 0.1) is 17.1 Å². The average molecular weight is 930 g/mol. The summed E-state index contributed by atoms with van der Waals surface area (Å²) in [5.74, 6) is -2.05. The first-order valence-corrected chi connectivity index (χ1v) is 24.2. The fraction of sp³-hybridized carbons (Fsp3) is 0.490.